The van der Waals surface area contributed by atoms with E-state index in [2.05, 4.69) is 0 Å². The lowest BCUT2D eigenvalue weighted by atomic mass is 10.0. The van der Waals surface area contributed by atoms with Crippen molar-refractivity contribution in [2.45, 2.75) is 19.3 Å². The number of amides is 1. The van der Waals surface area contributed by atoms with E-state index in [-0.39, 0.29) is 5.91 Å². The Hall–Kier alpha value is -1.97. The van der Waals surface area contributed by atoms with Crippen LogP contribution in [-0.2, 0) is 13.5 Å². The molecule has 0 saturated carbocycles. The van der Waals surface area contributed by atoms with Crippen LogP contribution in [0.3, 0.4) is 0 Å². The summed E-state index contributed by atoms with van der Waals surface area (Å²) in [5, 5.41) is 1.14. The van der Waals surface area contributed by atoms with Gasteiger partial charge in [-0.15, -0.1) is 0 Å². The zero-order chi connectivity index (χ0) is 14.3. The lowest BCUT2D eigenvalue weighted by molar-refractivity contribution is 0.0778. The third-order valence-corrected chi connectivity index (χ3v) is 4.23. The number of methoxy groups -OCH3 is 1. The number of aromatic nitrogens is 1. The molecule has 1 aliphatic heterocycles. The largest absolute Gasteiger partial charge is 0.497 e. The number of benzene rings is 1. The molecule has 0 atom stereocenters. The van der Waals surface area contributed by atoms with Crippen molar-refractivity contribution in [3.63, 3.8) is 0 Å². The van der Waals surface area contributed by atoms with Gasteiger partial charge in [-0.05, 0) is 43.0 Å². The maximum absolute atomic E-state index is 12.6. The molecule has 4 heteroatoms. The average molecular weight is 272 g/mol. The first-order valence-electron chi connectivity index (χ1n) is 7.04. The fraction of sp³-hybridized carbons (Fsp3) is 0.438. The molecule has 1 aromatic carbocycles. The SMILES string of the molecule is COc1ccc2c(c1)c1c(n2C)C(=O)N(C)CCCC1. The molecule has 0 fully saturated rings. The Balaban J connectivity index is 2.28. The maximum atomic E-state index is 12.6. The van der Waals surface area contributed by atoms with Gasteiger partial charge in [0.1, 0.15) is 11.4 Å². The predicted octanol–water partition coefficient (Wildman–Crippen LogP) is 2.60. The molecule has 2 heterocycles. The van der Waals surface area contributed by atoms with Crippen molar-refractivity contribution < 1.29 is 9.53 Å². The van der Waals surface area contributed by atoms with Gasteiger partial charge in [0.2, 0.25) is 0 Å². The van der Waals surface area contributed by atoms with Gasteiger partial charge in [-0.1, -0.05) is 0 Å². The normalized spacial score (nSPS) is 15.9. The molecule has 2 aromatic rings. The zero-order valence-electron chi connectivity index (χ0n) is 12.3. The van der Waals surface area contributed by atoms with Crippen molar-refractivity contribution in [1.82, 2.24) is 9.47 Å². The molecular formula is C16H20N2O2. The summed E-state index contributed by atoms with van der Waals surface area (Å²) in [6.07, 6.45) is 3.13. The van der Waals surface area contributed by atoms with Crippen LogP contribution < -0.4 is 4.74 Å². The van der Waals surface area contributed by atoms with Crippen molar-refractivity contribution >= 4 is 16.8 Å². The van der Waals surface area contributed by atoms with Gasteiger partial charge < -0.3 is 14.2 Å². The highest BCUT2D eigenvalue weighted by Gasteiger charge is 2.25. The van der Waals surface area contributed by atoms with E-state index in [9.17, 15) is 4.79 Å². The molecule has 0 saturated heterocycles. The summed E-state index contributed by atoms with van der Waals surface area (Å²) in [4.78, 5) is 14.4. The third-order valence-electron chi connectivity index (χ3n) is 4.23. The van der Waals surface area contributed by atoms with E-state index in [0.717, 1.165) is 53.7 Å². The monoisotopic (exact) mass is 272 g/mol. The van der Waals surface area contributed by atoms with Crippen LogP contribution >= 0.6 is 0 Å². The number of fused-ring (bicyclic) bond motifs is 3. The zero-order valence-corrected chi connectivity index (χ0v) is 12.3. The van der Waals surface area contributed by atoms with Crippen molar-refractivity contribution in [3.8, 4) is 5.75 Å². The Labute approximate surface area is 118 Å². The number of aryl methyl sites for hydroxylation is 2. The summed E-state index contributed by atoms with van der Waals surface area (Å²) in [7, 11) is 5.53. The molecule has 0 radical (unpaired) electrons. The van der Waals surface area contributed by atoms with Gasteiger partial charge in [0.25, 0.3) is 5.91 Å². The molecule has 106 valence electrons. The molecule has 0 spiro atoms. The molecule has 20 heavy (non-hydrogen) atoms. The minimum atomic E-state index is 0.123. The average Bonchev–Trinajstić information content (AvgIpc) is 2.73. The number of ether oxygens (including phenoxy) is 1. The highest BCUT2D eigenvalue weighted by atomic mass is 16.5. The Morgan fingerprint density at radius 2 is 2.00 bits per heavy atom. The first-order chi connectivity index (χ1) is 9.63. The minimum Gasteiger partial charge on any atom is -0.497 e. The van der Waals surface area contributed by atoms with E-state index in [1.54, 1.807) is 7.11 Å². The number of hydrogen-bond acceptors (Lipinski definition) is 2. The second-order valence-corrected chi connectivity index (χ2v) is 5.45. The highest BCUT2D eigenvalue weighted by Crippen LogP contribution is 2.31. The Morgan fingerprint density at radius 3 is 2.75 bits per heavy atom. The van der Waals surface area contributed by atoms with Crippen molar-refractivity contribution in [2.24, 2.45) is 7.05 Å². The van der Waals surface area contributed by atoms with Gasteiger partial charge in [-0.2, -0.15) is 0 Å². The van der Waals surface area contributed by atoms with Crippen LogP contribution in [-0.4, -0.2) is 36.1 Å². The first kappa shape index (κ1) is 13.0. The molecule has 0 bridgehead atoms. The minimum absolute atomic E-state index is 0.123. The van der Waals surface area contributed by atoms with Crippen LogP contribution in [0.4, 0.5) is 0 Å². The van der Waals surface area contributed by atoms with Gasteiger partial charge in [0.15, 0.2) is 0 Å². The number of carbonyl (C=O) groups excluding carboxylic acids is 1. The number of rotatable bonds is 1. The number of nitrogens with zero attached hydrogens (tertiary/aromatic N) is 2. The summed E-state index contributed by atoms with van der Waals surface area (Å²) < 4.78 is 7.34. The summed E-state index contributed by atoms with van der Waals surface area (Å²) in [6.45, 7) is 0.836. The molecular weight excluding hydrogens is 252 g/mol. The van der Waals surface area contributed by atoms with E-state index in [0.29, 0.717) is 0 Å². The van der Waals surface area contributed by atoms with Crippen LogP contribution in [0.5, 0.6) is 5.75 Å². The smallest absolute Gasteiger partial charge is 0.270 e. The van der Waals surface area contributed by atoms with Gasteiger partial charge >= 0.3 is 0 Å². The second-order valence-electron chi connectivity index (χ2n) is 5.45. The molecule has 1 aromatic heterocycles. The summed E-state index contributed by atoms with van der Waals surface area (Å²) in [6, 6.07) is 6.03. The molecule has 1 amide bonds. The van der Waals surface area contributed by atoms with Crippen molar-refractivity contribution in [1.29, 1.82) is 0 Å². The standard InChI is InChI=1S/C16H20N2O2/c1-17-9-5-4-6-12-13-10-11(20-3)7-8-14(13)18(2)15(12)16(17)19/h7-8,10H,4-6,9H2,1-3H3. The van der Waals surface area contributed by atoms with Crippen LogP contribution in [0.15, 0.2) is 18.2 Å². The second kappa shape index (κ2) is 4.85. The highest BCUT2D eigenvalue weighted by molar-refractivity contribution is 6.02. The molecule has 1 aliphatic rings. The fourth-order valence-electron chi connectivity index (χ4n) is 3.09. The van der Waals surface area contributed by atoms with Crippen LogP contribution in [0.2, 0.25) is 0 Å². The Morgan fingerprint density at radius 1 is 1.20 bits per heavy atom. The van der Waals surface area contributed by atoms with Gasteiger partial charge in [-0.3, -0.25) is 4.79 Å². The number of hydrogen-bond donors (Lipinski definition) is 0. The van der Waals surface area contributed by atoms with Crippen LogP contribution in [0.25, 0.3) is 10.9 Å². The summed E-state index contributed by atoms with van der Waals surface area (Å²) in [5.74, 6) is 0.964. The van der Waals surface area contributed by atoms with Crippen molar-refractivity contribution in [3.05, 3.63) is 29.5 Å². The lowest BCUT2D eigenvalue weighted by Crippen LogP contribution is -2.31. The van der Waals surface area contributed by atoms with E-state index < -0.39 is 0 Å². The van der Waals surface area contributed by atoms with Crippen LogP contribution in [0, 0.1) is 0 Å². The fourth-order valence-corrected chi connectivity index (χ4v) is 3.09. The quantitative estimate of drug-likeness (QED) is 0.799. The molecule has 4 nitrogen and oxygen atoms in total. The topological polar surface area (TPSA) is 34.5 Å². The van der Waals surface area contributed by atoms with Gasteiger partial charge in [0, 0.05) is 31.5 Å². The van der Waals surface area contributed by atoms with E-state index in [4.69, 9.17) is 4.74 Å². The van der Waals surface area contributed by atoms with Crippen LogP contribution in [0.1, 0.15) is 28.9 Å². The molecule has 0 unspecified atom stereocenters. The molecule has 0 aliphatic carbocycles. The molecule has 3 rings (SSSR count). The number of carbonyl (C=O) groups is 1. The Kier molecular flexibility index (Phi) is 3.16. The summed E-state index contributed by atoms with van der Waals surface area (Å²) in [5.41, 5.74) is 3.09. The van der Waals surface area contributed by atoms with E-state index in [1.807, 2.05) is 41.8 Å². The third kappa shape index (κ3) is 1.87. The van der Waals surface area contributed by atoms with Crippen molar-refractivity contribution in [2.75, 3.05) is 20.7 Å². The predicted molar refractivity (Wildman–Crippen MR) is 79.4 cm³/mol. The Bertz CT molecular complexity index is 673. The van der Waals surface area contributed by atoms with E-state index >= 15 is 0 Å². The maximum Gasteiger partial charge on any atom is 0.270 e. The first-order valence-corrected chi connectivity index (χ1v) is 7.04. The van der Waals surface area contributed by atoms with Gasteiger partial charge in [0.05, 0.1) is 7.11 Å². The summed E-state index contributed by atoms with van der Waals surface area (Å²) >= 11 is 0. The van der Waals surface area contributed by atoms with Gasteiger partial charge in [-0.25, -0.2) is 0 Å². The molecule has 0 N–H and O–H groups in total. The van der Waals surface area contributed by atoms with E-state index in [1.165, 1.54) is 0 Å². The lowest BCUT2D eigenvalue weighted by Gasteiger charge is -2.21.